The molecule has 5 heteroatoms. The minimum atomic E-state index is 0.455. The van der Waals surface area contributed by atoms with Crippen LogP contribution in [-0.4, -0.2) is 22.1 Å². The molecule has 0 aliphatic heterocycles. The Labute approximate surface area is 174 Å². The fourth-order valence-electron chi connectivity index (χ4n) is 3.81. The number of hydrogen-bond acceptors (Lipinski definition) is 4. The number of aromatic nitrogens is 3. The maximum atomic E-state index is 6.06. The topological polar surface area (TPSA) is 60.0 Å². The van der Waals surface area contributed by atoms with Gasteiger partial charge in [-0.1, -0.05) is 30.3 Å². The number of benzene rings is 2. The van der Waals surface area contributed by atoms with Crippen LogP contribution in [0.25, 0.3) is 33.1 Å². The second-order valence-electron chi connectivity index (χ2n) is 7.16. The number of nitrogens with one attached hydrogen (secondary N) is 1. The van der Waals surface area contributed by atoms with Crippen LogP contribution in [0.4, 0.5) is 0 Å². The first kappa shape index (κ1) is 18.3. The zero-order valence-electron chi connectivity index (χ0n) is 16.6. The number of pyridine rings is 2. The van der Waals surface area contributed by atoms with Crippen molar-refractivity contribution in [1.82, 2.24) is 15.0 Å². The molecule has 0 aliphatic carbocycles. The molecule has 5 nitrogen and oxygen atoms in total. The highest BCUT2D eigenvalue weighted by molar-refractivity contribution is 6.10. The lowest BCUT2D eigenvalue weighted by Gasteiger charge is -2.10. The molecule has 5 rings (SSSR count). The van der Waals surface area contributed by atoms with E-state index < -0.39 is 0 Å². The van der Waals surface area contributed by atoms with E-state index >= 15 is 0 Å². The van der Waals surface area contributed by atoms with E-state index in [1.807, 2.05) is 48.8 Å². The van der Waals surface area contributed by atoms with Crippen LogP contribution in [0.5, 0.6) is 5.75 Å². The Balaban J connectivity index is 1.62. The molecule has 3 aromatic heterocycles. The first-order valence-corrected chi connectivity index (χ1v) is 9.83. The molecule has 0 radical (unpaired) electrons. The predicted octanol–water partition coefficient (Wildman–Crippen LogP) is 5.50. The van der Waals surface area contributed by atoms with E-state index in [0.717, 1.165) is 49.9 Å². The number of aromatic amines is 1. The molecule has 2 aromatic carbocycles. The van der Waals surface area contributed by atoms with Gasteiger partial charge in [-0.25, -0.2) is 0 Å². The largest absolute Gasteiger partial charge is 0.489 e. The second kappa shape index (κ2) is 7.97. The molecule has 30 heavy (non-hydrogen) atoms. The Kier molecular flexibility index (Phi) is 4.87. The van der Waals surface area contributed by atoms with Gasteiger partial charge in [0, 0.05) is 46.9 Å². The summed E-state index contributed by atoms with van der Waals surface area (Å²) in [6.45, 7) is 0.985. The van der Waals surface area contributed by atoms with Gasteiger partial charge in [-0.3, -0.25) is 9.97 Å². The molecule has 0 aliphatic rings. The van der Waals surface area contributed by atoms with Gasteiger partial charge in [0.25, 0.3) is 0 Å². The molecule has 148 valence electrons. The maximum absolute atomic E-state index is 6.06. The Morgan fingerprint density at radius 3 is 2.60 bits per heavy atom. The van der Waals surface area contributed by atoms with Crippen LogP contribution in [-0.2, 0) is 18.0 Å². The summed E-state index contributed by atoms with van der Waals surface area (Å²) < 4.78 is 11.6. The summed E-state index contributed by atoms with van der Waals surface area (Å²) in [5, 5.41) is 2.20. The molecule has 0 fully saturated rings. The molecule has 5 aromatic rings. The fourth-order valence-corrected chi connectivity index (χ4v) is 3.81. The maximum Gasteiger partial charge on any atom is 0.120 e. The zero-order valence-corrected chi connectivity index (χ0v) is 16.6. The van der Waals surface area contributed by atoms with E-state index in [-0.39, 0.29) is 0 Å². The lowest BCUT2D eigenvalue weighted by atomic mass is 10.0. The summed E-state index contributed by atoms with van der Waals surface area (Å²) in [6, 6.07) is 20.2. The molecule has 0 spiro atoms. The van der Waals surface area contributed by atoms with Gasteiger partial charge in [-0.2, -0.15) is 0 Å². The molecule has 0 saturated carbocycles. The summed E-state index contributed by atoms with van der Waals surface area (Å²) in [4.78, 5) is 12.4. The first-order valence-electron chi connectivity index (χ1n) is 9.83. The smallest absolute Gasteiger partial charge is 0.120 e. The zero-order chi connectivity index (χ0) is 20.3. The number of rotatable bonds is 6. The standard InChI is InChI=1S/C25H21N3O2/c1-29-16-21-24-20-12-19(30-15-17-6-3-2-4-7-17)9-10-22(20)28-23(24)14-27-25(21)18-8-5-11-26-13-18/h2-14,28H,15-16H2,1H3. The van der Waals surface area contributed by atoms with Crippen LogP contribution < -0.4 is 4.74 Å². The van der Waals surface area contributed by atoms with Gasteiger partial charge in [0.05, 0.1) is 24.0 Å². The van der Waals surface area contributed by atoms with Crippen LogP contribution in [0.3, 0.4) is 0 Å². The summed E-state index contributed by atoms with van der Waals surface area (Å²) in [5.41, 5.74) is 6.05. The summed E-state index contributed by atoms with van der Waals surface area (Å²) in [5.74, 6) is 0.829. The number of methoxy groups -OCH3 is 1. The molecule has 0 unspecified atom stereocenters. The van der Waals surface area contributed by atoms with Crippen LogP contribution in [0, 0.1) is 0 Å². The SMILES string of the molecule is COCc1c(-c2cccnc2)ncc2[nH]c3ccc(OCc4ccccc4)cc3c12. The first-order chi connectivity index (χ1) is 14.8. The van der Waals surface area contributed by atoms with Crippen LogP contribution in [0.15, 0.2) is 79.3 Å². The highest BCUT2D eigenvalue weighted by Gasteiger charge is 2.16. The molecular weight excluding hydrogens is 374 g/mol. The molecule has 0 amide bonds. The van der Waals surface area contributed by atoms with Crippen LogP contribution >= 0.6 is 0 Å². The third-order valence-corrected chi connectivity index (χ3v) is 5.18. The van der Waals surface area contributed by atoms with Gasteiger partial charge in [0.1, 0.15) is 12.4 Å². The Hall–Kier alpha value is -3.70. The van der Waals surface area contributed by atoms with Gasteiger partial charge >= 0.3 is 0 Å². The van der Waals surface area contributed by atoms with Crippen molar-refractivity contribution in [2.24, 2.45) is 0 Å². The van der Waals surface area contributed by atoms with Gasteiger partial charge < -0.3 is 14.5 Å². The number of H-pyrrole nitrogens is 1. The number of hydrogen-bond donors (Lipinski definition) is 1. The van der Waals surface area contributed by atoms with Crippen molar-refractivity contribution >= 4 is 21.8 Å². The molecule has 3 heterocycles. The quantitative estimate of drug-likeness (QED) is 0.412. The molecule has 1 N–H and O–H groups in total. The van der Waals surface area contributed by atoms with E-state index in [4.69, 9.17) is 14.5 Å². The number of ether oxygens (including phenoxy) is 2. The number of fused-ring (bicyclic) bond motifs is 3. The molecule has 0 bridgehead atoms. The van der Waals surface area contributed by atoms with Crippen molar-refractivity contribution in [1.29, 1.82) is 0 Å². The minimum absolute atomic E-state index is 0.455. The van der Waals surface area contributed by atoms with E-state index in [2.05, 4.69) is 34.2 Å². The van der Waals surface area contributed by atoms with Gasteiger partial charge in [0.2, 0.25) is 0 Å². The Morgan fingerprint density at radius 2 is 1.80 bits per heavy atom. The normalized spacial score (nSPS) is 11.2. The van der Waals surface area contributed by atoms with Crippen LogP contribution in [0.1, 0.15) is 11.1 Å². The summed E-state index contributed by atoms with van der Waals surface area (Å²) >= 11 is 0. The number of nitrogens with zero attached hydrogens (tertiary/aromatic N) is 2. The average Bonchev–Trinajstić information content (AvgIpc) is 3.17. The fraction of sp³-hybridized carbons (Fsp3) is 0.120. The van der Waals surface area contributed by atoms with E-state index in [9.17, 15) is 0 Å². The Morgan fingerprint density at radius 1 is 0.900 bits per heavy atom. The van der Waals surface area contributed by atoms with Crippen molar-refractivity contribution in [3.63, 3.8) is 0 Å². The van der Waals surface area contributed by atoms with E-state index in [1.165, 1.54) is 0 Å². The Bertz CT molecular complexity index is 1300. The predicted molar refractivity (Wildman–Crippen MR) is 118 cm³/mol. The average molecular weight is 395 g/mol. The molecular formula is C25H21N3O2. The van der Waals surface area contributed by atoms with E-state index in [1.54, 1.807) is 13.3 Å². The van der Waals surface area contributed by atoms with Crippen molar-refractivity contribution in [2.75, 3.05) is 7.11 Å². The van der Waals surface area contributed by atoms with Gasteiger partial charge in [0.15, 0.2) is 0 Å². The van der Waals surface area contributed by atoms with Gasteiger partial charge in [-0.15, -0.1) is 0 Å². The van der Waals surface area contributed by atoms with E-state index in [0.29, 0.717) is 13.2 Å². The third-order valence-electron chi connectivity index (χ3n) is 5.18. The highest BCUT2D eigenvalue weighted by Crippen LogP contribution is 2.35. The lowest BCUT2D eigenvalue weighted by molar-refractivity contribution is 0.186. The van der Waals surface area contributed by atoms with Crippen molar-refractivity contribution in [3.8, 4) is 17.0 Å². The van der Waals surface area contributed by atoms with Crippen LogP contribution in [0.2, 0.25) is 0 Å². The van der Waals surface area contributed by atoms with Crippen molar-refractivity contribution in [3.05, 3.63) is 90.4 Å². The van der Waals surface area contributed by atoms with Gasteiger partial charge in [-0.05, 0) is 35.9 Å². The molecule has 0 saturated heterocycles. The third kappa shape index (κ3) is 3.40. The molecule has 0 atom stereocenters. The lowest BCUT2D eigenvalue weighted by Crippen LogP contribution is -1.97. The highest BCUT2D eigenvalue weighted by atomic mass is 16.5. The summed E-state index contributed by atoms with van der Waals surface area (Å²) in [6.07, 6.45) is 5.47. The minimum Gasteiger partial charge on any atom is -0.489 e. The second-order valence-corrected chi connectivity index (χ2v) is 7.16. The summed E-state index contributed by atoms with van der Waals surface area (Å²) in [7, 11) is 1.70. The van der Waals surface area contributed by atoms with Crippen molar-refractivity contribution < 1.29 is 9.47 Å². The monoisotopic (exact) mass is 395 g/mol. The van der Waals surface area contributed by atoms with Crippen molar-refractivity contribution in [2.45, 2.75) is 13.2 Å².